The SMILES string of the molecule is CCc1c(-c2cc3c(cc2F)NCC3)[nH]c(=O)c(C(=O)O)c1O.CCc1c(-c2cc3cc[nH]c3cc2F)[nH]c(=O)c(C(=O)O)c1O. The van der Waals surface area contributed by atoms with Crippen LogP contribution in [-0.2, 0) is 19.3 Å². The summed E-state index contributed by atoms with van der Waals surface area (Å²) in [4.78, 5) is 53.8. The van der Waals surface area contributed by atoms with Gasteiger partial charge in [-0.05, 0) is 55.2 Å². The first-order chi connectivity index (χ1) is 21.9. The van der Waals surface area contributed by atoms with Gasteiger partial charge in [-0.15, -0.1) is 0 Å². The molecule has 0 bridgehead atoms. The minimum atomic E-state index is -1.54. The maximum absolute atomic E-state index is 14.4. The van der Waals surface area contributed by atoms with Crippen molar-refractivity contribution in [3.8, 4) is 34.0 Å². The number of nitrogens with one attached hydrogen (secondary N) is 4. The summed E-state index contributed by atoms with van der Waals surface area (Å²) in [6.45, 7) is 4.07. The molecular formula is C32H28F2N4O8. The molecule has 0 radical (unpaired) electrons. The lowest BCUT2D eigenvalue weighted by atomic mass is 9.98. The number of hydrogen-bond donors (Lipinski definition) is 8. The minimum Gasteiger partial charge on any atom is -0.506 e. The number of benzene rings is 2. The van der Waals surface area contributed by atoms with Crippen LogP contribution in [0.2, 0.25) is 0 Å². The lowest BCUT2D eigenvalue weighted by Gasteiger charge is -2.13. The highest BCUT2D eigenvalue weighted by Gasteiger charge is 2.25. The summed E-state index contributed by atoms with van der Waals surface area (Å²) < 4.78 is 28.8. The highest BCUT2D eigenvalue weighted by molar-refractivity contribution is 5.93. The van der Waals surface area contributed by atoms with E-state index >= 15 is 0 Å². The second-order valence-corrected chi connectivity index (χ2v) is 10.4. The van der Waals surface area contributed by atoms with Crippen LogP contribution >= 0.6 is 0 Å². The zero-order chi connectivity index (χ0) is 33.4. The highest BCUT2D eigenvalue weighted by atomic mass is 19.1. The molecule has 2 aromatic carbocycles. The molecule has 0 fully saturated rings. The van der Waals surface area contributed by atoms with Crippen molar-refractivity contribution < 1.29 is 38.8 Å². The number of carboxylic acid groups (broad SMARTS) is 2. The molecule has 0 aliphatic carbocycles. The molecule has 0 saturated carbocycles. The summed E-state index contributed by atoms with van der Waals surface area (Å²) in [6, 6.07) is 7.52. The van der Waals surface area contributed by atoms with Crippen LogP contribution in [0.4, 0.5) is 14.5 Å². The molecule has 6 rings (SSSR count). The molecule has 8 N–H and O–H groups in total. The Morgan fingerprint density at radius 2 is 1.33 bits per heavy atom. The number of halogens is 2. The molecule has 0 unspecified atom stereocenters. The number of carbonyl (C=O) groups is 2. The maximum Gasteiger partial charge on any atom is 0.345 e. The number of pyridine rings is 2. The molecule has 0 saturated heterocycles. The van der Waals surface area contributed by atoms with Gasteiger partial charge in [0, 0.05) is 51.6 Å². The molecule has 3 aromatic heterocycles. The fourth-order valence-electron chi connectivity index (χ4n) is 5.58. The fourth-order valence-corrected chi connectivity index (χ4v) is 5.58. The Kier molecular flexibility index (Phi) is 8.37. The number of fused-ring (bicyclic) bond motifs is 2. The number of rotatable bonds is 6. The lowest BCUT2D eigenvalue weighted by molar-refractivity contribution is 0.0680. The van der Waals surface area contributed by atoms with Crippen molar-refractivity contribution in [2.75, 3.05) is 11.9 Å². The van der Waals surface area contributed by atoms with Gasteiger partial charge in [-0.2, -0.15) is 0 Å². The van der Waals surface area contributed by atoms with Crippen molar-refractivity contribution in [1.82, 2.24) is 15.0 Å². The molecular weight excluding hydrogens is 606 g/mol. The molecule has 0 spiro atoms. The number of anilines is 1. The van der Waals surface area contributed by atoms with Crippen LogP contribution in [0.5, 0.6) is 11.5 Å². The monoisotopic (exact) mass is 634 g/mol. The summed E-state index contributed by atoms with van der Waals surface area (Å²) in [6.07, 6.45) is 2.85. The average Bonchev–Trinajstić information content (AvgIpc) is 3.64. The van der Waals surface area contributed by atoms with Gasteiger partial charge in [0.2, 0.25) is 0 Å². The first kappa shape index (κ1) is 31.5. The van der Waals surface area contributed by atoms with Crippen LogP contribution in [0.1, 0.15) is 51.3 Å². The Morgan fingerprint density at radius 3 is 1.85 bits per heavy atom. The van der Waals surface area contributed by atoms with E-state index in [0.29, 0.717) is 17.7 Å². The van der Waals surface area contributed by atoms with Gasteiger partial charge in [-0.3, -0.25) is 9.59 Å². The van der Waals surface area contributed by atoms with Crippen LogP contribution in [0.25, 0.3) is 33.4 Å². The third kappa shape index (κ3) is 5.44. The van der Waals surface area contributed by atoms with Gasteiger partial charge in [0.25, 0.3) is 11.1 Å². The van der Waals surface area contributed by atoms with Crippen LogP contribution in [0.3, 0.4) is 0 Å². The van der Waals surface area contributed by atoms with E-state index in [1.807, 2.05) is 0 Å². The third-order valence-corrected chi connectivity index (χ3v) is 7.80. The Bertz CT molecular complexity index is 2170. The van der Waals surface area contributed by atoms with E-state index in [1.54, 1.807) is 32.2 Å². The molecule has 0 amide bonds. The smallest absolute Gasteiger partial charge is 0.345 e. The predicted molar refractivity (Wildman–Crippen MR) is 165 cm³/mol. The largest absolute Gasteiger partial charge is 0.506 e. The Hall–Kier alpha value is -5.92. The molecule has 46 heavy (non-hydrogen) atoms. The molecule has 0 atom stereocenters. The molecule has 1 aliphatic heterocycles. The third-order valence-electron chi connectivity index (χ3n) is 7.80. The average molecular weight is 635 g/mol. The van der Waals surface area contributed by atoms with Crippen LogP contribution < -0.4 is 16.4 Å². The first-order valence-electron chi connectivity index (χ1n) is 14.1. The van der Waals surface area contributed by atoms with E-state index in [9.17, 15) is 38.2 Å². The standard InChI is InChI=1S/C16H15FN2O4.C16H13FN2O4/c2*1-2-8-13(19-15(21)12(14(8)20)16(22)23)9-5-7-3-4-18-11(7)6-10(9)17/h5-6,18H,2-4H2,1H3,(H,22,23)(H2,19,20,21);3-6,18H,2H2,1H3,(H,22,23)(H2,19,20,21). The number of H-pyrrole nitrogens is 3. The number of aromatic nitrogens is 3. The Labute approximate surface area is 258 Å². The van der Waals surface area contributed by atoms with Gasteiger partial charge >= 0.3 is 11.9 Å². The normalized spacial score (nSPS) is 11.9. The van der Waals surface area contributed by atoms with Crippen molar-refractivity contribution in [2.24, 2.45) is 0 Å². The summed E-state index contributed by atoms with van der Waals surface area (Å²) >= 11 is 0. The van der Waals surface area contributed by atoms with Gasteiger partial charge in [-0.1, -0.05) is 13.8 Å². The zero-order valence-electron chi connectivity index (χ0n) is 24.5. The quantitative estimate of drug-likeness (QED) is 0.129. The van der Waals surface area contributed by atoms with Crippen molar-refractivity contribution in [3.05, 3.63) is 96.7 Å². The molecule has 5 aromatic rings. The lowest BCUT2D eigenvalue weighted by Crippen LogP contribution is -2.20. The van der Waals surface area contributed by atoms with E-state index in [1.165, 1.54) is 18.2 Å². The van der Waals surface area contributed by atoms with E-state index < -0.39 is 57.3 Å². The Morgan fingerprint density at radius 1 is 0.804 bits per heavy atom. The molecule has 14 heteroatoms. The number of carboxylic acids is 2. The highest BCUT2D eigenvalue weighted by Crippen LogP contribution is 2.36. The van der Waals surface area contributed by atoms with Crippen LogP contribution in [0.15, 0.2) is 46.1 Å². The summed E-state index contributed by atoms with van der Waals surface area (Å²) in [5.41, 5.74) is -0.372. The van der Waals surface area contributed by atoms with Gasteiger partial charge < -0.3 is 40.7 Å². The number of aromatic hydroxyl groups is 2. The molecule has 1 aliphatic rings. The van der Waals surface area contributed by atoms with Crippen molar-refractivity contribution in [2.45, 2.75) is 33.1 Å². The topological polar surface area (TPSA) is 209 Å². The van der Waals surface area contributed by atoms with Crippen molar-refractivity contribution >= 4 is 28.5 Å². The van der Waals surface area contributed by atoms with Crippen LogP contribution in [0, 0.1) is 11.6 Å². The molecule has 4 heterocycles. The van der Waals surface area contributed by atoms with E-state index in [0.717, 1.165) is 17.4 Å². The number of hydrogen-bond acceptors (Lipinski definition) is 7. The second kappa shape index (κ2) is 12.2. The maximum atomic E-state index is 14.4. The van der Waals surface area contributed by atoms with Crippen molar-refractivity contribution in [3.63, 3.8) is 0 Å². The van der Waals surface area contributed by atoms with Gasteiger partial charge in [0.15, 0.2) is 11.1 Å². The van der Waals surface area contributed by atoms with Gasteiger partial charge in [-0.25, -0.2) is 18.4 Å². The summed E-state index contributed by atoms with van der Waals surface area (Å²) in [5, 5.41) is 42.1. The zero-order valence-corrected chi connectivity index (χ0v) is 24.5. The summed E-state index contributed by atoms with van der Waals surface area (Å²) in [7, 11) is 0. The predicted octanol–water partition coefficient (Wildman–Crippen LogP) is 4.74. The van der Waals surface area contributed by atoms with Crippen LogP contribution in [-0.4, -0.2) is 53.9 Å². The minimum absolute atomic E-state index is 0.0839. The van der Waals surface area contributed by atoms with E-state index in [2.05, 4.69) is 20.3 Å². The first-order valence-corrected chi connectivity index (χ1v) is 14.1. The van der Waals surface area contributed by atoms with E-state index in [-0.39, 0.29) is 46.5 Å². The fraction of sp³-hybridized carbons (Fsp3) is 0.188. The molecule has 12 nitrogen and oxygen atoms in total. The van der Waals surface area contributed by atoms with Gasteiger partial charge in [0.1, 0.15) is 23.1 Å². The van der Waals surface area contributed by atoms with Crippen molar-refractivity contribution in [1.29, 1.82) is 0 Å². The number of aromatic amines is 3. The van der Waals surface area contributed by atoms with E-state index in [4.69, 9.17) is 10.2 Å². The second-order valence-electron chi connectivity index (χ2n) is 10.4. The Balaban J connectivity index is 0.000000181. The molecule has 238 valence electrons. The number of aromatic carboxylic acids is 2. The summed E-state index contributed by atoms with van der Waals surface area (Å²) in [5.74, 6) is -5.45. The van der Waals surface area contributed by atoms with Gasteiger partial charge in [0.05, 0.1) is 11.4 Å².